The molecule has 2 N–H and O–H groups in total. The second kappa shape index (κ2) is 6.11. The first-order valence-corrected chi connectivity index (χ1v) is 7.32. The van der Waals surface area contributed by atoms with E-state index < -0.39 is 17.8 Å². The van der Waals surface area contributed by atoms with Crippen molar-refractivity contribution in [1.29, 1.82) is 0 Å². The number of benzene rings is 1. The summed E-state index contributed by atoms with van der Waals surface area (Å²) in [5.41, 5.74) is 6.70. The molecule has 1 atom stereocenters. The van der Waals surface area contributed by atoms with Crippen molar-refractivity contribution in [1.82, 2.24) is 9.78 Å². The molecular weight excluding hydrogens is 299 g/mol. The molecule has 0 aliphatic carbocycles. The summed E-state index contributed by atoms with van der Waals surface area (Å²) in [6.07, 6.45) is -4.35. The van der Waals surface area contributed by atoms with Crippen LogP contribution in [0.5, 0.6) is 0 Å². The molecule has 2 aromatic rings. The minimum absolute atomic E-state index is 0.465. The molecule has 0 bridgehead atoms. The van der Waals surface area contributed by atoms with E-state index in [-0.39, 0.29) is 0 Å². The zero-order chi connectivity index (χ0) is 15.6. The second-order valence-corrected chi connectivity index (χ2v) is 5.83. The lowest BCUT2D eigenvalue weighted by atomic mass is 10.1. The molecule has 21 heavy (non-hydrogen) atoms. The van der Waals surface area contributed by atoms with E-state index in [9.17, 15) is 13.2 Å². The highest BCUT2D eigenvalue weighted by molar-refractivity contribution is 7.99. The van der Waals surface area contributed by atoms with Crippen LogP contribution in [-0.2, 0) is 13.2 Å². The van der Waals surface area contributed by atoms with E-state index in [0.29, 0.717) is 11.3 Å². The van der Waals surface area contributed by atoms with Crippen LogP contribution < -0.4 is 5.73 Å². The Balaban J connectivity index is 2.07. The van der Waals surface area contributed by atoms with Gasteiger partial charge in [-0.15, -0.1) is 11.8 Å². The van der Waals surface area contributed by atoms with Gasteiger partial charge in [-0.05, 0) is 30.7 Å². The SMILES string of the molecule is Cc1cc(SCC(N)c2cccc(C(F)(F)F)c2)n(C)n1. The highest BCUT2D eigenvalue weighted by atomic mass is 32.2. The van der Waals surface area contributed by atoms with Crippen LogP contribution in [0.15, 0.2) is 35.4 Å². The van der Waals surface area contributed by atoms with Crippen LogP contribution in [0.3, 0.4) is 0 Å². The van der Waals surface area contributed by atoms with Crippen molar-refractivity contribution in [2.45, 2.75) is 24.2 Å². The van der Waals surface area contributed by atoms with E-state index in [2.05, 4.69) is 5.10 Å². The first kappa shape index (κ1) is 15.9. The first-order valence-electron chi connectivity index (χ1n) is 6.33. The molecule has 114 valence electrons. The fourth-order valence-electron chi connectivity index (χ4n) is 1.94. The lowest BCUT2D eigenvalue weighted by Gasteiger charge is -2.14. The Morgan fingerprint density at radius 2 is 2.05 bits per heavy atom. The Hall–Kier alpha value is -1.47. The number of thioether (sulfide) groups is 1. The van der Waals surface area contributed by atoms with E-state index in [1.54, 1.807) is 10.7 Å². The van der Waals surface area contributed by atoms with Crippen molar-refractivity contribution in [3.05, 3.63) is 47.2 Å². The van der Waals surface area contributed by atoms with E-state index in [1.807, 2.05) is 20.0 Å². The summed E-state index contributed by atoms with van der Waals surface area (Å²) in [6, 6.07) is 6.62. The van der Waals surface area contributed by atoms with Gasteiger partial charge >= 0.3 is 6.18 Å². The third kappa shape index (κ3) is 4.01. The van der Waals surface area contributed by atoms with Crippen LogP contribution >= 0.6 is 11.8 Å². The van der Waals surface area contributed by atoms with Gasteiger partial charge in [0.15, 0.2) is 0 Å². The van der Waals surface area contributed by atoms with Gasteiger partial charge in [-0.3, -0.25) is 4.68 Å². The Morgan fingerprint density at radius 1 is 1.33 bits per heavy atom. The average molecular weight is 315 g/mol. The standard InChI is InChI=1S/C14H16F3N3S/c1-9-6-13(20(2)19-9)21-8-12(18)10-4-3-5-11(7-10)14(15,16)17/h3-7,12H,8,18H2,1-2H3. The van der Waals surface area contributed by atoms with Gasteiger partial charge < -0.3 is 5.73 Å². The molecule has 2 rings (SSSR count). The van der Waals surface area contributed by atoms with Crippen molar-refractivity contribution >= 4 is 11.8 Å². The zero-order valence-electron chi connectivity index (χ0n) is 11.7. The minimum Gasteiger partial charge on any atom is -0.323 e. The van der Waals surface area contributed by atoms with E-state index in [4.69, 9.17) is 5.73 Å². The van der Waals surface area contributed by atoms with E-state index in [1.165, 1.54) is 17.8 Å². The van der Waals surface area contributed by atoms with Crippen molar-refractivity contribution in [2.24, 2.45) is 12.8 Å². The van der Waals surface area contributed by atoms with Gasteiger partial charge in [0.05, 0.1) is 16.3 Å². The molecule has 0 saturated carbocycles. The predicted molar refractivity (Wildman–Crippen MR) is 77.0 cm³/mol. The average Bonchev–Trinajstić information content (AvgIpc) is 2.73. The summed E-state index contributed by atoms with van der Waals surface area (Å²) in [5, 5.41) is 5.15. The number of hydrogen-bond donors (Lipinski definition) is 1. The van der Waals surface area contributed by atoms with E-state index >= 15 is 0 Å². The smallest absolute Gasteiger partial charge is 0.323 e. The molecule has 0 amide bonds. The Bertz CT molecular complexity index is 622. The summed E-state index contributed by atoms with van der Waals surface area (Å²) in [7, 11) is 1.82. The largest absolute Gasteiger partial charge is 0.416 e. The summed E-state index contributed by atoms with van der Waals surface area (Å²) >= 11 is 1.48. The first-order chi connectivity index (χ1) is 9.77. The monoisotopic (exact) mass is 315 g/mol. The number of nitrogens with two attached hydrogens (primary N) is 1. The molecule has 1 heterocycles. The molecule has 0 saturated heterocycles. The van der Waals surface area contributed by atoms with Gasteiger partial charge in [0, 0.05) is 18.8 Å². The molecule has 0 spiro atoms. The molecule has 0 fully saturated rings. The van der Waals surface area contributed by atoms with Crippen LogP contribution in [0.2, 0.25) is 0 Å². The van der Waals surface area contributed by atoms with Gasteiger partial charge in [0.2, 0.25) is 0 Å². The van der Waals surface area contributed by atoms with Crippen LogP contribution in [-0.4, -0.2) is 15.5 Å². The number of aryl methyl sites for hydroxylation is 2. The maximum absolute atomic E-state index is 12.7. The molecule has 1 aromatic carbocycles. The number of aromatic nitrogens is 2. The van der Waals surface area contributed by atoms with Gasteiger partial charge in [0.1, 0.15) is 0 Å². The highest BCUT2D eigenvalue weighted by Gasteiger charge is 2.30. The fraction of sp³-hybridized carbons (Fsp3) is 0.357. The van der Waals surface area contributed by atoms with Gasteiger partial charge in [0.25, 0.3) is 0 Å². The molecule has 3 nitrogen and oxygen atoms in total. The quantitative estimate of drug-likeness (QED) is 0.878. The van der Waals surface area contributed by atoms with Gasteiger partial charge in [-0.25, -0.2) is 0 Å². The third-order valence-corrected chi connectivity index (χ3v) is 4.22. The lowest BCUT2D eigenvalue weighted by Crippen LogP contribution is -2.15. The summed E-state index contributed by atoms with van der Waals surface area (Å²) in [5.74, 6) is 0.486. The highest BCUT2D eigenvalue weighted by Crippen LogP contribution is 2.31. The lowest BCUT2D eigenvalue weighted by molar-refractivity contribution is -0.137. The number of alkyl halides is 3. The summed E-state index contributed by atoms with van der Waals surface area (Å²) in [6.45, 7) is 1.89. The van der Waals surface area contributed by atoms with E-state index in [0.717, 1.165) is 22.9 Å². The fourth-order valence-corrected chi connectivity index (χ4v) is 2.96. The molecule has 1 unspecified atom stereocenters. The van der Waals surface area contributed by atoms with Crippen molar-refractivity contribution in [3.8, 4) is 0 Å². The van der Waals surface area contributed by atoms with Crippen LogP contribution in [0.4, 0.5) is 13.2 Å². The van der Waals surface area contributed by atoms with Crippen LogP contribution in [0.1, 0.15) is 22.9 Å². The Morgan fingerprint density at radius 3 is 2.62 bits per heavy atom. The van der Waals surface area contributed by atoms with Crippen molar-refractivity contribution < 1.29 is 13.2 Å². The normalized spacial score (nSPS) is 13.4. The van der Waals surface area contributed by atoms with Crippen LogP contribution in [0, 0.1) is 6.92 Å². The third-order valence-electron chi connectivity index (χ3n) is 3.01. The second-order valence-electron chi connectivity index (χ2n) is 4.79. The molecular formula is C14H16F3N3S. The molecule has 0 aliphatic rings. The Kier molecular flexibility index (Phi) is 4.63. The molecule has 0 aliphatic heterocycles. The summed E-state index contributed by atoms with van der Waals surface area (Å²) in [4.78, 5) is 0. The predicted octanol–water partition coefficient (Wildman–Crippen LogP) is 3.54. The topological polar surface area (TPSA) is 43.8 Å². The molecule has 1 aromatic heterocycles. The number of rotatable bonds is 4. The zero-order valence-corrected chi connectivity index (χ0v) is 12.5. The van der Waals surface area contributed by atoms with Gasteiger partial charge in [-0.2, -0.15) is 18.3 Å². The molecule has 0 radical (unpaired) electrons. The maximum Gasteiger partial charge on any atom is 0.416 e. The van der Waals surface area contributed by atoms with Gasteiger partial charge in [-0.1, -0.05) is 12.1 Å². The van der Waals surface area contributed by atoms with Crippen molar-refractivity contribution in [3.63, 3.8) is 0 Å². The minimum atomic E-state index is -4.35. The summed E-state index contributed by atoms with van der Waals surface area (Å²) < 4.78 is 39.8. The Labute approximate surface area is 125 Å². The molecule has 7 heteroatoms. The van der Waals surface area contributed by atoms with Crippen molar-refractivity contribution in [2.75, 3.05) is 5.75 Å². The van der Waals surface area contributed by atoms with Crippen LogP contribution in [0.25, 0.3) is 0 Å². The number of nitrogens with zero attached hydrogens (tertiary/aromatic N) is 2. The number of hydrogen-bond acceptors (Lipinski definition) is 3. The maximum atomic E-state index is 12.7. The number of halogens is 3.